The van der Waals surface area contributed by atoms with Crippen molar-refractivity contribution in [1.82, 2.24) is 14.8 Å². The van der Waals surface area contributed by atoms with Gasteiger partial charge in [-0.3, -0.25) is 14.5 Å². The van der Waals surface area contributed by atoms with Gasteiger partial charge in [0.1, 0.15) is 0 Å². The molecular formula is C14H16ClN3O. The van der Waals surface area contributed by atoms with Crippen molar-refractivity contribution in [2.45, 2.75) is 33.7 Å². The summed E-state index contributed by atoms with van der Waals surface area (Å²) in [7, 11) is 0. The van der Waals surface area contributed by atoms with Crippen molar-refractivity contribution in [2.75, 3.05) is 0 Å². The Hall–Kier alpha value is -1.68. The first kappa shape index (κ1) is 13.7. The van der Waals surface area contributed by atoms with Crippen LogP contribution in [0.5, 0.6) is 0 Å². The standard InChI is InChI=1S/C14H16ClN3O/c1-4-18-12(14(15)10(3)17-18)8-13(19)11-5-6-16-9(2)7-11/h5-7H,4,8H2,1-3H3. The summed E-state index contributed by atoms with van der Waals surface area (Å²) in [5.74, 6) is 0.0296. The van der Waals surface area contributed by atoms with E-state index in [0.29, 0.717) is 17.1 Å². The topological polar surface area (TPSA) is 47.8 Å². The maximum Gasteiger partial charge on any atom is 0.168 e. The van der Waals surface area contributed by atoms with Crippen LogP contribution in [0.4, 0.5) is 0 Å². The Kier molecular flexibility index (Phi) is 4.00. The minimum atomic E-state index is 0.0296. The smallest absolute Gasteiger partial charge is 0.168 e. The molecule has 0 aliphatic heterocycles. The van der Waals surface area contributed by atoms with Gasteiger partial charge >= 0.3 is 0 Å². The summed E-state index contributed by atoms with van der Waals surface area (Å²) in [5.41, 5.74) is 3.03. The molecule has 5 heteroatoms. The Bertz CT molecular complexity index is 619. The molecule has 0 aromatic carbocycles. The van der Waals surface area contributed by atoms with Gasteiger partial charge in [0.05, 0.1) is 22.8 Å². The Morgan fingerprint density at radius 3 is 2.79 bits per heavy atom. The van der Waals surface area contributed by atoms with E-state index in [4.69, 9.17) is 11.6 Å². The Morgan fingerprint density at radius 1 is 1.42 bits per heavy atom. The molecule has 2 heterocycles. The summed E-state index contributed by atoms with van der Waals surface area (Å²) in [4.78, 5) is 16.4. The van der Waals surface area contributed by atoms with Gasteiger partial charge in [-0.2, -0.15) is 5.10 Å². The molecule has 0 amide bonds. The zero-order valence-electron chi connectivity index (χ0n) is 11.3. The number of aromatic nitrogens is 3. The largest absolute Gasteiger partial charge is 0.294 e. The van der Waals surface area contributed by atoms with Crippen LogP contribution in [-0.2, 0) is 13.0 Å². The summed E-state index contributed by atoms with van der Waals surface area (Å²) in [6.07, 6.45) is 1.91. The highest BCUT2D eigenvalue weighted by Gasteiger charge is 2.17. The van der Waals surface area contributed by atoms with Crippen LogP contribution in [0.2, 0.25) is 5.02 Å². The number of Topliss-reactive ketones (excluding diaryl/α,β-unsaturated/α-hetero) is 1. The van der Waals surface area contributed by atoms with Crippen molar-refractivity contribution >= 4 is 17.4 Å². The SMILES string of the molecule is CCn1nc(C)c(Cl)c1CC(=O)c1ccnc(C)c1. The number of nitrogens with zero attached hydrogens (tertiary/aromatic N) is 3. The van der Waals surface area contributed by atoms with E-state index in [-0.39, 0.29) is 12.2 Å². The van der Waals surface area contributed by atoms with Gasteiger partial charge in [0.25, 0.3) is 0 Å². The number of aryl methyl sites for hydroxylation is 3. The van der Waals surface area contributed by atoms with Crippen LogP contribution in [0, 0.1) is 13.8 Å². The maximum absolute atomic E-state index is 12.3. The first-order valence-electron chi connectivity index (χ1n) is 6.20. The van der Waals surface area contributed by atoms with Crippen molar-refractivity contribution in [3.05, 3.63) is 46.0 Å². The van der Waals surface area contributed by atoms with Crippen molar-refractivity contribution in [1.29, 1.82) is 0 Å². The zero-order valence-corrected chi connectivity index (χ0v) is 12.0. The lowest BCUT2D eigenvalue weighted by Gasteiger charge is -2.05. The molecule has 100 valence electrons. The quantitative estimate of drug-likeness (QED) is 0.807. The van der Waals surface area contributed by atoms with E-state index in [0.717, 1.165) is 17.1 Å². The molecular weight excluding hydrogens is 262 g/mol. The number of ketones is 1. The third-order valence-corrected chi connectivity index (χ3v) is 3.49. The molecule has 4 nitrogen and oxygen atoms in total. The highest BCUT2D eigenvalue weighted by molar-refractivity contribution is 6.32. The van der Waals surface area contributed by atoms with Crippen molar-refractivity contribution in [2.24, 2.45) is 0 Å². The molecule has 2 aromatic heterocycles. The minimum Gasteiger partial charge on any atom is -0.294 e. The second kappa shape index (κ2) is 5.53. The number of carbonyl (C=O) groups is 1. The van der Waals surface area contributed by atoms with Crippen molar-refractivity contribution in [3.63, 3.8) is 0 Å². The van der Waals surface area contributed by atoms with E-state index in [1.807, 2.05) is 20.8 Å². The van der Waals surface area contributed by atoms with Crippen LogP contribution in [0.3, 0.4) is 0 Å². The van der Waals surface area contributed by atoms with E-state index in [2.05, 4.69) is 10.1 Å². The molecule has 0 radical (unpaired) electrons. The highest BCUT2D eigenvalue weighted by atomic mass is 35.5. The van der Waals surface area contributed by atoms with E-state index in [1.165, 1.54) is 0 Å². The van der Waals surface area contributed by atoms with Crippen LogP contribution in [0.15, 0.2) is 18.3 Å². The number of rotatable bonds is 4. The molecule has 0 fully saturated rings. The minimum absolute atomic E-state index is 0.0296. The van der Waals surface area contributed by atoms with Crippen LogP contribution < -0.4 is 0 Å². The van der Waals surface area contributed by atoms with Gasteiger partial charge in [0.15, 0.2) is 5.78 Å². The summed E-state index contributed by atoms with van der Waals surface area (Å²) in [6.45, 7) is 6.39. The van der Waals surface area contributed by atoms with Crippen LogP contribution in [0.1, 0.15) is 34.4 Å². The summed E-state index contributed by atoms with van der Waals surface area (Å²) in [6, 6.07) is 3.51. The molecule has 2 aromatic rings. The highest BCUT2D eigenvalue weighted by Crippen LogP contribution is 2.22. The lowest BCUT2D eigenvalue weighted by molar-refractivity contribution is 0.0990. The molecule has 0 unspecified atom stereocenters. The van der Waals surface area contributed by atoms with Gasteiger partial charge in [-0.15, -0.1) is 0 Å². The summed E-state index contributed by atoms with van der Waals surface area (Å²) < 4.78 is 1.78. The van der Waals surface area contributed by atoms with Crippen LogP contribution >= 0.6 is 11.6 Å². The molecule has 2 rings (SSSR count). The fourth-order valence-corrected chi connectivity index (χ4v) is 2.21. The molecule has 0 spiro atoms. The third kappa shape index (κ3) is 2.84. The first-order chi connectivity index (χ1) is 9.02. The van der Waals surface area contributed by atoms with E-state index < -0.39 is 0 Å². The van der Waals surface area contributed by atoms with Gasteiger partial charge in [0.2, 0.25) is 0 Å². The number of carbonyl (C=O) groups excluding carboxylic acids is 1. The van der Waals surface area contributed by atoms with Gasteiger partial charge < -0.3 is 0 Å². The van der Waals surface area contributed by atoms with Crippen LogP contribution in [-0.4, -0.2) is 20.5 Å². The second-order valence-electron chi connectivity index (χ2n) is 4.45. The molecule has 0 N–H and O–H groups in total. The number of halogens is 1. The number of pyridine rings is 1. The number of hydrogen-bond donors (Lipinski definition) is 0. The van der Waals surface area contributed by atoms with E-state index >= 15 is 0 Å². The monoisotopic (exact) mass is 277 g/mol. The van der Waals surface area contributed by atoms with Crippen molar-refractivity contribution < 1.29 is 4.79 Å². The van der Waals surface area contributed by atoms with E-state index in [9.17, 15) is 4.79 Å². The lowest BCUT2D eigenvalue weighted by Crippen LogP contribution is -2.10. The fraction of sp³-hybridized carbons (Fsp3) is 0.357. The molecule has 0 saturated carbocycles. The Balaban J connectivity index is 2.29. The van der Waals surface area contributed by atoms with Gasteiger partial charge in [0, 0.05) is 24.0 Å². The van der Waals surface area contributed by atoms with Gasteiger partial charge in [-0.05, 0) is 32.9 Å². The fourth-order valence-electron chi connectivity index (χ4n) is 2.01. The first-order valence-corrected chi connectivity index (χ1v) is 6.58. The normalized spacial score (nSPS) is 10.7. The third-order valence-electron chi connectivity index (χ3n) is 3.00. The predicted molar refractivity (Wildman–Crippen MR) is 74.7 cm³/mol. The average Bonchev–Trinajstić information content (AvgIpc) is 2.66. The number of hydrogen-bond acceptors (Lipinski definition) is 3. The maximum atomic E-state index is 12.3. The average molecular weight is 278 g/mol. The summed E-state index contributed by atoms with van der Waals surface area (Å²) in [5, 5.41) is 4.90. The second-order valence-corrected chi connectivity index (χ2v) is 4.83. The van der Waals surface area contributed by atoms with Gasteiger partial charge in [-0.1, -0.05) is 11.6 Å². The Morgan fingerprint density at radius 2 is 2.16 bits per heavy atom. The predicted octanol–water partition coefficient (Wildman–Crippen LogP) is 2.99. The molecule has 19 heavy (non-hydrogen) atoms. The van der Waals surface area contributed by atoms with Crippen molar-refractivity contribution in [3.8, 4) is 0 Å². The molecule has 0 bridgehead atoms. The molecule has 0 aliphatic rings. The Labute approximate surface area is 117 Å². The zero-order chi connectivity index (χ0) is 14.0. The molecule has 0 atom stereocenters. The molecule has 0 saturated heterocycles. The van der Waals surface area contributed by atoms with Crippen LogP contribution in [0.25, 0.3) is 0 Å². The lowest BCUT2D eigenvalue weighted by atomic mass is 10.1. The van der Waals surface area contributed by atoms with E-state index in [1.54, 1.807) is 23.0 Å². The van der Waals surface area contributed by atoms with Gasteiger partial charge in [-0.25, -0.2) is 0 Å². The summed E-state index contributed by atoms with van der Waals surface area (Å²) >= 11 is 6.21. The molecule has 0 aliphatic carbocycles.